The lowest BCUT2D eigenvalue weighted by Gasteiger charge is -2.41. The number of benzene rings is 1. The Bertz CT molecular complexity index is 530. The van der Waals surface area contributed by atoms with Crippen LogP contribution in [0.25, 0.3) is 0 Å². The number of carbonyl (C=O) groups excluding carboxylic acids is 1. The molecule has 1 amide bonds. The Hall–Kier alpha value is -1.71. The van der Waals surface area contributed by atoms with Crippen LogP contribution in [0.2, 0.25) is 0 Å². The molecule has 4 nitrogen and oxygen atoms in total. The van der Waals surface area contributed by atoms with Crippen LogP contribution >= 0.6 is 0 Å². The number of anilines is 1. The Labute approximate surface area is 126 Å². The number of rotatable bonds is 2. The molecule has 114 valence electrons. The Balaban J connectivity index is 1.71. The molecule has 2 N–H and O–H groups in total. The van der Waals surface area contributed by atoms with Gasteiger partial charge in [-0.25, -0.2) is 0 Å². The highest BCUT2D eigenvalue weighted by Gasteiger charge is 2.33. The predicted octanol–water partition coefficient (Wildman–Crippen LogP) is 2.93. The van der Waals surface area contributed by atoms with E-state index in [9.17, 15) is 4.79 Å². The van der Waals surface area contributed by atoms with Gasteiger partial charge in [0.25, 0.3) is 5.91 Å². The van der Waals surface area contributed by atoms with Gasteiger partial charge in [-0.15, -0.1) is 0 Å². The lowest BCUT2D eigenvalue weighted by molar-refractivity contribution is 0.0521. The second-order valence-electron chi connectivity index (χ2n) is 6.30. The van der Waals surface area contributed by atoms with Crippen LogP contribution in [-0.2, 0) is 0 Å². The largest absolute Gasteiger partial charge is 0.495 e. The zero-order chi connectivity index (χ0) is 14.8. The molecule has 0 bridgehead atoms. The second kappa shape index (κ2) is 5.96. The van der Waals surface area contributed by atoms with Crippen molar-refractivity contribution >= 4 is 11.6 Å². The number of fused-ring (bicyclic) bond motifs is 1. The molecule has 0 radical (unpaired) electrons. The van der Waals surface area contributed by atoms with E-state index in [-0.39, 0.29) is 5.91 Å². The van der Waals surface area contributed by atoms with Crippen LogP contribution in [0, 0.1) is 11.8 Å². The minimum atomic E-state index is 0.105. The third kappa shape index (κ3) is 2.85. The van der Waals surface area contributed by atoms with Crippen molar-refractivity contribution in [3.8, 4) is 5.75 Å². The van der Waals surface area contributed by atoms with Gasteiger partial charge in [-0.05, 0) is 42.9 Å². The van der Waals surface area contributed by atoms with E-state index in [2.05, 4.69) is 0 Å². The maximum absolute atomic E-state index is 12.7. The summed E-state index contributed by atoms with van der Waals surface area (Å²) in [4.78, 5) is 14.7. The number of nitrogens with two attached hydrogens (primary N) is 1. The lowest BCUT2D eigenvalue weighted by Crippen LogP contribution is -2.44. The fourth-order valence-electron chi connectivity index (χ4n) is 3.84. The summed E-state index contributed by atoms with van der Waals surface area (Å²) in [7, 11) is 1.58. The van der Waals surface area contributed by atoms with Crippen LogP contribution in [0.4, 0.5) is 5.69 Å². The summed E-state index contributed by atoms with van der Waals surface area (Å²) in [5.74, 6) is 2.27. The van der Waals surface area contributed by atoms with Gasteiger partial charge < -0.3 is 15.4 Å². The zero-order valence-electron chi connectivity index (χ0n) is 12.7. The first-order valence-corrected chi connectivity index (χ1v) is 7.92. The predicted molar refractivity (Wildman–Crippen MR) is 83.4 cm³/mol. The van der Waals surface area contributed by atoms with E-state index < -0.39 is 0 Å². The standard InChI is InChI=1S/C17H24N2O2/c1-21-16-7-6-13(10-15(16)18)17(20)19-9-8-12-4-2-3-5-14(12)11-19/h6-7,10,12,14H,2-5,8-9,11,18H2,1H3. The molecule has 2 unspecified atom stereocenters. The topological polar surface area (TPSA) is 55.6 Å². The summed E-state index contributed by atoms with van der Waals surface area (Å²) in [6, 6.07) is 5.31. The van der Waals surface area contributed by atoms with Crippen molar-refractivity contribution in [2.75, 3.05) is 25.9 Å². The fourth-order valence-corrected chi connectivity index (χ4v) is 3.84. The van der Waals surface area contributed by atoms with Crippen molar-refractivity contribution in [1.29, 1.82) is 0 Å². The van der Waals surface area contributed by atoms with Gasteiger partial charge in [0, 0.05) is 18.7 Å². The van der Waals surface area contributed by atoms with Crippen molar-refractivity contribution in [2.45, 2.75) is 32.1 Å². The minimum absolute atomic E-state index is 0.105. The molecule has 0 spiro atoms. The quantitative estimate of drug-likeness (QED) is 0.851. The van der Waals surface area contributed by atoms with Gasteiger partial charge in [0.1, 0.15) is 5.75 Å². The number of hydrogen-bond acceptors (Lipinski definition) is 3. The number of hydrogen-bond donors (Lipinski definition) is 1. The smallest absolute Gasteiger partial charge is 0.253 e. The summed E-state index contributed by atoms with van der Waals surface area (Å²) < 4.78 is 5.15. The number of amides is 1. The summed E-state index contributed by atoms with van der Waals surface area (Å²) >= 11 is 0. The molecule has 1 aromatic carbocycles. The number of nitrogen functional groups attached to an aromatic ring is 1. The van der Waals surface area contributed by atoms with Crippen molar-refractivity contribution in [2.24, 2.45) is 11.8 Å². The molecular weight excluding hydrogens is 264 g/mol. The van der Waals surface area contributed by atoms with Crippen molar-refractivity contribution in [3.63, 3.8) is 0 Å². The monoisotopic (exact) mass is 288 g/mol. The number of nitrogens with zero attached hydrogens (tertiary/aromatic N) is 1. The first-order valence-electron chi connectivity index (χ1n) is 7.92. The second-order valence-corrected chi connectivity index (χ2v) is 6.30. The maximum Gasteiger partial charge on any atom is 0.253 e. The molecule has 1 saturated heterocycles. The molecule has 1 aromatic rings. The number of methoxy groups -OCH3 is 1. The average molecular weight is 288 g/mol. The van der Waals surface area contributed by atoms with E-state index in [0.29, 0.717) is 22.9 Å². The summed E-state index contributed by atoms with van der Waals surface area (Å²) in [5.41, 5.74) is 7.10. The van der Waals surface area contributed by atoms with E-state index in [1.165, 1.54) is 25.7 Å². The van der Waals surface area contributed by atoms with Crippen molar-refractivity contribution in [3.05, 3.63) is 23.8 Å². The molecule has 2 fully saturated rings. The van der Waals surface area contributed by atoms with Gasteiger partial charge in [-0.1, -0.05) is 19.3 Å². The molecule has 3 rings (SSSR count). The Morgan fingerprint density at radius 3 is 2.71 bits per heavy atom. The van der Waals surface area contributed by atoms with Crippen LogP contribution in [0.5, 0.6) is 5.75 Å². The molecule has 4 heteroatoms. The number of likely N-dealkylation sites (tertiary alicyclic amines) is 1. The van der Waals surface area contributed by atoms with Crippen LogP contribution in [-0.4, -0.2) is 31.0 Å². The summed E-state index contributed by atoms with van der Waals surface area (Å²) in [6.45, 7) is 1.79. The zero-order valence-corrected chi connectivity index (χ0v) is 12.7. The number of ether oxygens (including phenoxy) is 1. The fraction of sp³-hybridized carbons (Fsp3) is 0.588. The summed E-state index contributed by atoms with van der Waals surface area (Å²) in [5, 5.41) is 0. The van der Waals surface area contributed by atoms with Gasteiger partial charge >= 0.3 is 0 Å². The highest BCUT2D eigenvalue weighted by molar-refractivity contribution is 5.95. The molecule has 1 heterocycles. The first kappa shape index (κ1) is 14.2. The molecular formula is C17H24N2O2. The highest BCUT2D eigenvalue weighted by Crippen LogP contribution is 2.36. The number of piperidine rings is 1. The maximum atomic E-state index is 12.7. The molecule has 0 aromatic heterocycles. The third-order valence-electron chi connectivity index (χ3n) is 5.06. The molecule has 2 atom stereocenters. The van der Waals surface area contributed by atoms with Crippen LogP contribution in [0.15, 0.2) is 18.2 Å². The van der Waals surface area contributed by atoms with Crippen LogP contribution in [0.3, 0.4) is 0 Å². The average Bonchev–Trinajstić information content (AvgIpc) is 2.53. The van der Waals surface area contributed by atoms with Gasteiger partial charge in [0.2, 0.25) is 0 Å². The van der Waals surface area contributed by atoms with E-state index in [1.54, 1.807) is 19.2 Å². The SMILES string of the molecule is COc1ccc(C(=O)N2CCC3CCCCC3C2)cc1N. The molecule has 1 aliphatic carbocycles. The number of carbonyl (C=O) groups is 1. The lowest BCUT2D eigenvalue weighted by atomic mass is 9.75. The van der Waals surface area contributed by atoms with Gasteiger partial charge in [-0.3, -0.25) is 4.79 Å². The highest BCUT2D eigenvalue weighted by atomic mass is 16.5. The summed E-state index contributed by atoms with van der Waals surface area (Å²) in [6.07, 6.45) is 6.46. The van der Waals surface area contributed by atoms with Gasteiger partial charge in [-0.2, -0.15) is 0 Å². The van der Waals surface area contributed by atoms with Crippen LogP contribution < -0.4 is 10.5 Å². The van der Waals surface area contributed by atoms with Crippen LogP contribution in [0.1, 0.15) is 42.5 Å². The minimum Gasteiger partial charge on any atom is -0.495 e. The molecule has 2 aliphatic rings. The van der Waals surface area contributed by atoms with Gasteiger partial charge in [0.15, 0.2) is 0 Å². The Kier molecular flexibility index (Phi) is 4.04. The normalized spacial score (nSPS) is 25.3. The Morgan fingerprint density at radius 1 is 1.24 bits per heavy atom. The molecule has 21 heavy (non-hydrogen) atoms. The molecule has 1 saturated carbocycles. The van der Waals surface area contributed by atoms with E-state index in [0.717, 1.165) is 25.4 Å². The van der Waals surface area contributed by atoms with Gasteiger partial charge in [0.05, 0.1) is 12.8 Å². The van der Waals surface area contributed by atoms with Crippen molar-refractivity contribution in [1.82, 2.24) is 4.90 Å². The van der Waals surface area contributed by atoms with E-state index >= 15 is 0 Å². The Morgan fingerprint density at radius 2 is 2.00 bits per heavy atom. The van der Waals surface area contributed by atoms with E-state index in [4.69, 9.17) is 10.5 Å². The third-order valence-corrected chi connectivity index (χ3v) is 5.06. The van der Waals surface area contributed by atoms with Crippen molar-refractivity contribution < 1.29 is 9.53 Å². The molecule has 1 aliphatic heterocycles. The van der Waals surface area contributed by atoms with E-state index in [1.807, 2.05) is 11.0 Å². The first-order chi connectivity index (χ1) is 10.2.